The molecule has 1 saturated heterocycles. The molecule has 0 saturated carbocycles. The molecule has 1 N–H and O–H groups in total. The first-order valence-corrected chi connectivity index (χ1v) is 9.13. The molecule has 1 atom stereocenters. The molecule has 0 aliphatic carbocycles. The SMILES string of the molecule is CN=C(NCCc1ccc(C)nc1)N1CCSC(C(C)C)C1. The van der Waals surface area contributed by atoms with Crippen molar-refractivity contribution in [2.75, 3.05) is 32.4 Å². The highest BCUT2D eigenvalue weighted by Gasteiger charge is 2.24. The average molecular weight is 321 g/mol. The van der Waals surface area contributed by atoms with Crippen LogP contribution in [0.15, 0.2) is 23.3 Å². The lowest BCUT2D eigenvalue weighted by Crippen LogP contribution is -2.49. The Balaban J connectivity index is 1.83. The van der Waals surface area contributed by atoms with E-state index in [0.29, 0.717) is 11.2 Å². The van der Waals surface area contributed by atoms with Gasteiger partial charge in [0, 0.05) is 49.6 Å². The Morgan fingerprint density at radius 1 is 1.50 bits per heavy atom. The maximum absolute atomic E-state index is 4.46. The first-order valence-electron chi connectivity index (χ1n) is 8.09. The van der Waals surface area contributed by atoms with E-state index in [-0.39, 0.29) is 0 Å². The number of nitrogens with one attached hydrogen (secondary N) is 1. The quantitative estimate of drug-likeness (QED) is 0.684. The Hall–Kier alpha value is -1.23. The normalized spacial score (nSPS) is 19.6. The van der Waals surface area contributed by atoms with Crippen LogP contribution in [0.2, 0.25) is 0 Å². The fraction of sp³-hybridized carbons (Fsp3) is 0.647. The third-order valence-electron chi connectivity index (χ3n) is 4.02. The lowest BCUT2D eigenvalue weighted by molar-refractivity contribution is 0.381. The number of aliphatic imine (C=N–C) groups is 1. The maximum Gasteiger partial charge on any atom is 0.193 e. The minimum atomic E-state index is 0.702. The molecule has 2 rings (SSSR count). The van der Waals surface area contributed by atoms with E-state index in [1.165, 1.54) is 11.3 Å². The number of nitrogens with zero attached hydrogens (tertiary/aromatic N) is 3. The van der Waals surface area contributed by atoms with Gasteiger partial charge in [0.15, 0.2) is 5.96 Å². The summed E-state index contributed by atoms with van der Waals surface area (Å²) in [6.07, 6.45) is 2.94. The van der Waals surface area contributed by atoms with E-state index in [1.54, 1.807) is 0 Å². The second kappa shape index (κ2) is 8.42. The number of hydrogen-bond acceptors (Lipinski definition) is 3. The summed E-state index contributed by atoms with van der Waals surface area (Å²) >= 11 is 2.09. The van der Waals surface area contributed by atoms with E-state index in [0.717, 1.165) is 37.7 Å². The summed E-state index contributed by atoms with van der Waals surface area (Å²) in [6.45, 7) is 9.70. The van der Waals surface area contributed by atoms with Gasteiger partial charge in [0.2, 0.25) is 0 Å². The van der Waals surface area contributed by atoms with Crippen LogP contribution in [0.3, 0.4) is 0 Å². The van der Waals surface area contributed by atoms with Crippen LogP contribution in [0.1, 0.15) is 25.1 Å². The molecule has 4 nitrogen and oxygen atoms in total. The second-order valence-corrected chi connectivity index (χ2v) is 7.48. The molecule has 0 bridgehead atoms. The Morgan fingerprint density at radius 2 is 2.32 bits per heavy atom. The van der Waals surface area contributed by atoms with Gasteiger partial charge in [-0.1, -0.05) is 19.9 Å². The lowest BCUT2D eigenvalue weighted by atomic mass is 10.1. The predicted molar refractivity (Wildman–Crippen MR) is 96.7 cm³/mol. The summed E-state index contributed by atoms with van der Waals surface area (Å²) in [4.78, 5) is 11.2. The van der Waals surface area contributed by atoms with Crippen molar-refractivity contribution >= 4 is 17.7 Å². The summed E-state index contributed by atoms with van der Waals surface area (Å²) in [5.74, 6) is 2.93. The molecule has 122 valence electrons. The van der Waals surface area contributed by atoms with Gasteiger partial charge in [-0.05, 0) is 30.9 Å². The fourth-order valence-corrected chi connectivity index (χ4v) is 3.87. The first kappa shape index (κ1) is 17.1. The molecule has 0 radical (unpaired) electrons. The number of aromatic nitrogens is 1. The summed E-state index contributed by atoms with van der Waals surface area (Å²) in [5.41, 5.74) is 2.33. The highest BCUT2D eigenvalue weighted by molar-refractivity contribution is 8.00. The van der Waals surface area contributed by atoms with Crippen LogP contribution in [-0.2, 0) is 6.42 Å². The minimum absolute atomic E-state index is 0.702. The number of guanidine groups is 1. The van der Waals surface area contributed by atoms with E-state index in [4.69, 9.17) is 0 Å². The van der Waals surface area contributed by atoms with Crippen molar-refractivity contribution in [3.8, 4) is 0 Å². The Labute approximate surface area is 138 Å². The third-order valence-corrected chi connectivity index (χ3v) is 5.56. The van der Waals surface area contributed by atoms with E-state index in [2.05, 4.69) is 57.9 Å². The topological polar surface area (TPSA) is 40.5 Å². The zero-order chi connectivity index (χ0) is 15.9. The maximum atomic E-state index is 4.46. The zero-order valence-corrected chi connectivity index (χ0v) is 15.0. The smallest absolute Gasteiger partial charge is 0.193 e. The van der Waals surface area contributed by atoms with Gasteiger partial charge in [0.05, 0.1) is 0 Å². The first-order chi connectivity index (χ1) is 10.6. The minimum Gasteiger partial charge on any atom is -0.356 e. The summed E-state index contributed by atoms with van der Waals surface area (Å²) in [5, 5.41) is 4.20. The van der Waals surface area contributed by atoms with E-state index < -0.39 is 0 Å². The Kier molecular flexibility index (Phi) is 6.55. The number of hydrogen-bond donors (Lipinski definition) is 1. The van der Waals surface area contributed by atoms with Crippen LogP contribution in [0, 0.1) is 12.8 Å². The fourth-order valence-electron chi connectivity index (χ4n) is 2.57. The van der Waals surface area contributed by atoms with Gasteiger partial charge < -0.3 is 10.2 Å². The van der Waals surface area contributed by atoms with Gasteiger partial charge in [0.25, 0.3) is 0 Å². The standard InChI is InChI=1S/C17H28N4S/c1-13(2)16-12-21(9-10-22-16)17(18-4)19-8-7-15-6-5-14(3)20-11-15/h5-6,11,13,16H,7-10,12H2,1-4H3,(H,18,19). The van der Waals surface area contributed by atoms with Crippen LogP contribution in [0.4, 0.5) is 0 Å². The van der Waals surface area contributed by atoms with Crippen LogP contribution in [0.5, 0.6) is 0 Å². The van der Waals surface area contributed by atoms with E-state index in [9.17, 15) is 0 Å². The van der Waals surface area contributed by atoms with Gasteiger partial charge in [-0.2, -0.15) is 11.8 Å². The molecule has 1 aliphatic rings. The van der Waals surface area contributed by atoms with Crippen molar-refractivity contribution in [2.24, 2.45) is 10.9 Å². The van der Waals surface area contributed by atoms with Crippen LogP contribution in [0.25, 0.3) is 0 Å². The molecule has 1 fully saturated rings. The van der Waals surface area contributed by atoms with Gasteiger partial charge in [-0.3, -0.25) is 9.98 Å². The summed E-state index contributed by atoms with van der Waals surface area (Å²) in [7, 11) is 1.88. The third kappa shape index (κ3) is 4.90. The van der Waals surface area contributed by atoms with Crippen molar-refractivity contribution in [2.45, 2.75) is 32.4 Å². The molecular weight excluding hydrogens is 292 g/mol. The molecular formula is C17H28N4S. The number of pyridine rings is 1. The number of rotatable bonds is 4. The largest absolute Gasteiger partial charge is 0.356 e. The number of aryl methyl sites for hydroxylation is 1. The van der Waals surface area contributed by atoms with Gasteiger partial charge in [-0.25, -0.2) is 0 Å². The Bertz CT molecular complexity index is 484. The second-order valence-electron chi connectivity index (χ2n) is 6.13. The highest BCUT2D eigenvalue weighted by Crippen LogP contribution is 2.24. The molecule has 22 heavy (non-hydrogen) atoms. The van der Waals surface area contributed by atoms with Crippen molar-refractivity contribution in [1.82, 2.24) is 15.2 Å². The van der Waals surface area contributed by atoms with E-state index in [1.807, 2.05) is 20.2 Å². The summed E-state index contributed by atoms with van der Waals surface area (Å²) < 4.78 is 0. The molecule has 1 aromatic rings. The lowest BCUT2D eigenvalue weighted by Gasteiger charge is -2.36. The monoisotopic (exact) mass is 320 g/mol. The molecule has 0 aromatic carbocycles. The van der Waals surface area contributed by atoms with Crippen LogP contribution < -0.4 is 5.32 Å². The zero-order valence-electron chi connectivity index (χ0n) is 14.2. The average Bonchev–Trinajstić information content (AvgIpc) is 2.53. The summed E-state index contributed by atoms with van der Waals surface area (Å²) in [6, 6.07) is 4.22. The van der Waals surface area contributed by atoms with Crippen molar-refractivity contribution < 1.29 is 0 Å². The molecule has 1 unspecified atom stereocenters. The molecule has 1 aliphatic heterocycles. The molecule has 2 heterocycles. The number of thioether (sulfide) groups is 1. The van der Waals surface area contributed by atoms with Gasteiger partial charge in [-0.15, -0.1) is 0 Å². The van der Waals surface area contributed by atoms with Crippen molar-refractivity contribution in [3.05, 3.63) is 29.6 Å². The highest BCUT2D eigenvalue weighted by atomic mass is 32.2. The molecule has 0 amide bonds. The van der Waals surface area contributed by atoms with Crippen LogP contribution in [-0.4, -0.2) is 53.5 Å². The predicted octanol–water partition coefficient (Wildman–Crippen LogP) is 2.58. The van der Waals surface area contributed by atoms with E-state index >= 15 is 0 Å². The van der Waals surface area contributed by atoms with Crippen molar-refractivity contribution in [1.29, 1.82) is 0 Å². The molecule has 5 heteroatoms. The van der Waals surface area contributed by atoms with Crippen molar-refractivity contribution in [3.63, 3.8) is 0 Å². The van der Waals surface area contributed by atoms with Crippen LogP contribution >= 0.6 is 11.8 Å². The Morgan fingerprint density at radius 3 is 2.95 bits per heavy atom. The molecule has 1 aromatic heterocycles. The van der Waals surface area contributed by atoms with Gasteiger partial charge in [0.1, 0.15) is 0 Å². The molecule has 0 spiro atoms. The van der Waals surface area contributed by atoms with Gasteiger partial charge >= 0.3 is 0 Å².